The molecule has 1 aliphatic rings. The van der Waals surface area contributed by atoms with E-state index in [9.17, 15) is 0 Å². The molecular formula is C39H31N3. The van der Waals surface area contributed by atoms with Crippen LogP contribution in [0.4, 0.5) is 0 Å². The minimum absolute atomic E-state index is 0.459. The van der Waals surface area contributed by atoms with Gasteiger partial charge < -0.3 is 9.13 Å². The van der Waals surface area contributed by atoms with Gasteiger partial charge in [0.1, 0.15) is 5.82 Å². The van der Waals surface area contributed by atoms with Crippen molar-refractivity contribution in [3.8, 4) is 17.1 Å². The second kappa shape index (κ2) is 9.32. The average Bonchev–Trinajstić information content (AvgIpc) is 3.63. The van der Waals surface area contributed by atoms with Gasteiger partial charge in [0.25, 0.3) is 0 Å². The van der Waals surface area contributed by atoms with Gasteiger partial charge >= 0.3 is 0 Å². The van der Waals surface area contributed by atoms with Gasteiger partial charge in [-0.15, -0.1) is 0 Å². The normalized spacial score (nSPS) is 14.6. The Kier molecular flexibility index (Phi) is 5.28. The molecule has 0 spiro atoms. The van der Waals surface area contributed by atoms with Crippen LogP contribution in [0.5, 0.6) is 0 Å². The van der Waals surface area contributed by atoms with Gasteiger partial charge in [-0.25, -0.2) is 4.98 Å². The summed E-state index contributed by atoms with van der Waals surface area (Å²) in [5, 5.41) is 7.71. The van der Waals surface area contributed by atoms with Crippen LogP contribution < -0.4 is 0 Å². The van der Waals surface area contributed by atoms with E-state index in [1.54, 1.807) is 0 Å². The molecule has 0 N–H and O–H groups in total. The second-order valence-electron chi connectivity index (χ2n) is 11.8. The zero-order valence-corrected chi connectivity index (χ0v) is 23.5. The van der Waals surface area contributed by atoms with Gasteiger partial charge in [0.15, 0.2) is 0 Å². The summed E-state index contributed by atoms with van der Waals surface area (Å²) in [4.78, 5) is 5.48. The van der Waals surface area contributed by atoms with Gasteiger partial charge in [0, 0.05) is 38.8 Å². The smallest absolute Gasteiger partial charge is 0.141 e. The fourth-order valence-electron chi connectivity index (χ4n) is 7.59. The summed E-state index contributed by atoms with van der Waals surface area (Å²) in [7, 11) is 0. The summed E-state index contributed by atoms with van der Waals surface area (Å²) >= 11 is 0. The molecule has 3 nitrogen and oxygen atoms in total. The molecule has 2 heterocycles. The molecule has 0 saturated heterocycles. The summed E-state index contributed by atoms with van der Waals surface area (Å²) < 4.78 is 5.00. The Morgan fingerprint density at radius 1 is 0.500 bits per heavy atom. The van der Waals surface area contributed by atoms with Crippen LogP contribution in [0, 0.1) is 0 Å². The van der Waals surface area contributed by atoms with E-state index in [4.69, 9.17) is 4.98 Å². The lowest BCUT2D eigenvalue weighted by atomic mass is 9.94. The molecule has 1 fully saturated rings. The number of fused-ring (bicyclic) bond motifs is 9. The predicted molar refractivity (Wildman–Crippen MR) is 177 cm³/mol. The van der Waals surface area contributed by atoms with Crippen LogP contribution in [0.15, 0.2) is 121 Å². The van der Waals surface area contributed by atoms with Crippen molar-refractivity contribution in [1.82, 2.24) is 14.1 Å². The predicted octanol–water partition coefficient (Wildman–Crippen LogP) is 10.6. The van der Waals surface area contributed by atoms with E-state index in [2.05, 4.69) is 130 Å². The lowest BCUT2D eigenvalue weighted by Gasteiger charge is -2.26. The highest BCUT2D eigenvalue weighted by atomic mass is 15.1. The Morgan fingerprint density at radius 2 is 1.02 bits per heavy atom. The van der Waals surface area contributed by atoms with E-state index < -0.39 is 0 Å². The first-order valence-corrected chi connectivity index (χ1v) is 15.3. The highest BCUT2D eigenvalue weighted by molar-refractivity contribution is 6.24. The van der Waals surface area contributed by atoms with Crippen LogP contribution in [-0.2, 0) is 0 Å². The van der Waals surface area contributed by atoms with Crippen LogP contribution >= 0.6 is 0 Å². The number of benzene rings is 6. The molecule has 6 aromatic carbocycles. The lowest BCUT2D eigenvalue weighted by Crippen LogP contribution is -2.14. The van der Waals surface area contributed by atoms with E-state index in [-0.39, 0.29) is 0 Å². The van der Waals surface area contributed by atoms with Crippen LogP contribution in [0.2, 0.25) is 0 Å². The molecule has 3 heteroatoms. The summed E-state index contributed by atoms with van der Waals surface area (Å²) in [5.74, 6) is 1.09. The minimum atomic E-state index is 0.459. The van der Waals surface area contributed by atoms with E-state index >= 15 is 0 Å². The van der Waals surface area contributed by atoms with E-state index in [1.165, 1.54) is 92.2 Å². The van der Waals surface area contributed by atoms with Crippen LogP contribution in [0.3, 0.4) is 0 Å². The van der Waals surface area contributed by atoms with Crippen molar-refractivity contribution in [2.45, 2.75) is 38.1 Å². The molecule has 202 valence electrons. The fraction of sp³-hybridized carbons (Fsp3) is 0.154. The Labute approximate surface area is 244 Å². The Balaban J connectivity index is 1.29. The van der Waals surface area contributed by atoms with E-state index in [0.717, 1.165) is 11.3 Å². The van der Waals surface area contributed by atoms with Gasteiger partial charge in [-0.05, 0) is 60.0 Å². The maximum absolute atomic E-state index is 5.48. The molecule has 0 bridgehead atoms. The zero-order chi connectivity index (χ0) is 27.6. The van der Waals surface area contributed by atoms with E-state index in [0.29, 0.717) is 6.04 Å². The maximum Gasteiger partial charge on any atom is 0.141 e. The molecule has 0 unspecified atom stereocenters. The topological polar surface area (TPSA) is 22.8 Å². The van der Waals surface area contributed by atoms with Gasteiger partial charge in [0.2, 0.25) is 0 Å². The number of hydrogen-bond donors (Lipinski definition) is 0. The van der Waals surface area contributed by atoms with Gasteiger partial charge in [0.05, 0.1) is 22.1 Å². The van der Waals surface area contributed by atoms with Crippen molar-refractivity contribution in [3.05, 3.63) is 121 Å². The van der Waals surface area contributed by atoms with Gasteiger partial charge in [-0.2, -0.15) is 0 Å². The molecule has 0 amide bonds. The molecule has 42 heavy (non-hydrogen) atoms. The van der Waals surface area contributed by atoms with Crippen molar-refractivity contribution in [2.24, 2.45) is 0 Å². The summed E-state index contributed by atoms with van der Waals surface area (Å²) in [6, 6.07) is 44.7. The molecule has 0 radical (unpaired) electrons. The van der Waals surface area contributed by atoms with Crippen molar-refractivity contribution < 1.29 is 0 Å². The fourth-order valence-corrected chi connectivity index (χ4v) is 7.59. The molecule has 0 atom stereocenters. The van der Waals surface area contributed by atoms with Crippen molar-refractivity contribution >= 4 is 54.4 Å². The SMILES string of the molecule is c1ccc2c(c1)c1ccccc1c1c2nc(-c2ccc(-n3c4ccccc4c4ccccc43)cc2)n1C1CCCCC1. The summed E-state index contributed by atoms with van der Waals surface area (Å²) in [5.41, 5.74) is 7.23. The lowest BCUT2D eigenvalue weighted by molar-refractivity contribution is 0.362. The number of para-hydroxylation sites is 2. The molecule has 0 aliphatic heterocycles. The number of hydrogen-bond acceptors (Lipinski definition) is 1. The van der Waals surface area contributed by atoms with Crippen LogP contribution in [0.1, 0.15) is 38.1 Å². The average molecular weight is 542 g/mol. The highest BCUT2D eigenvalue weighted by Crippen LogP contribution is 2.42. The van der Waals surface area contributed by atoms with Gasteiger partial charge in [-0.3, -0.25) is 0 Å². The third kappa shape index (κ3) is 3.43. The van der Waals surface area contributed by atoms with Crippen LogP contribution in [0.25, 0.3) is 71.5 Å². The number of imidazole rings is 1. The number of nitrogens with zero attached hydrogens (tertiary/aromatic N) is 3. The minimum Gasteiger partial charge on any atom is -0.320 e. The molecule has 2 aromatic heterocycles. The number of aromatic nitrogens is 3. The highest BCUT2D eigenvalue weighted by Gasteiger charge is 2.25. The van der Waals surface area contributed by atoms with Crippen LogP contribution in [-0.4, -0.2) is 14.1 Å². The molecule has 9 rings (SSSR count). The first-order valence-electron chi connectivity index (χ1n) is 15.3. The molecule has 1 saturated carbocycles. The summed E-state index contributed by atoms with van der Waals surface area (Å²) in [6.45, 7) is 0. The van der Waals surface area contributed by atoms with Crippen molar-refractivity contribution in [3.63, 3.8) is 0 Å². The second-order valence-corrected chi connectivity index (χ2v) is 11.8. The Bertz CT molecular complexity index is 2220. The third-order valence-electron chi connectivity index (χ3n) is 9.47. The van der Waals surface area contributed by atoms with E-state index in [1.807, 2.05) is 0 Å². The molecule has 8 aromatic rings. The standard InChI is InChI=1S/C39H31N3/c1-2-12-27(13-3-1)42-38-34-19-7-5-15-30(34)29-14-4-6-18-33(29)37(38)40-39(42)26-22-24-28(25-23-26)41-35-20-10-8-16-31(35)32-17-9-11-21-36(32)41/h4-11,14-25,27H,1-3,12-13H2. The first-order chi connectivity index (χ1) is 20.9. The quantitative estimate of drug-likeness (QED) is 0.204. The monoisotopic (exact) mass is 541 g/mol. The third-order valence-corrected chi connectivity index (χ3v) is 9.47. The largest absolute Gasteiger partial charge is 0.320 e. The molecule has 1 aliphatic carbocycles. The van der Waals surface area contributed by atoms with Gasteiger partial charge in [-0.1, -0.05) is 104 Å². The first kappa shape index (κ1) is 23.8. The maximum atomic E-state index is 5.48. The zero-order valence-electron chi connectivity index (χ0n) is 23.5. The Hall–Kier alpha value is -4.89. The Morgan fingerprint density at radius 3 is 1.67 bits per heavy atom. The molecular weight excluding hydrogens is 510 g/mol. The van der Waals surface area contributed by atoms with Crippen molar-refractivity contribution in [2.75, 3.05) is 0 Å². The van der Waals surface area contributed by atoms with Crippen molar-refractivity contribution in [1.29, 1.82) is 0 Å². The summed E-state index contributed by atoms with van der Waals surface area (Å²) in [6.07, 6.45) is 6.30. The number of rotatable bonds is 3.